The number of aliphatic imine (C=N–C) groups is 1. The van der Waals surface area contributed by atoms with Crippen LogP contribution in [0.25, 0.3) is 11.1 Å². The normalized spacial score (nSPS) is 16.9. The van der Waals surface area contributed by atoms with Crippen molar-refractivity contribution in [1.29, 1.82) is 0 Å². The van der Waals surface area contributed by atoms with Gasteiger partial charge in [0, 0.05) is 6.42 Å². The minimum absolute atomic E-state index is 0.175. The van der Waals surface area contributed by atoms with Crippen molar-refractivity contribution in [3.05, 3.63) is 53.6 Å². The summed E-state index contributed by atoms with van der Waals surface area (Å²) >= 11 is 0. The molecule has 1 aliphatic heterocycles. The smallest absolute Gasteiger partial charge is 0.347 e. The molecule has 38 heavy (non-hydrogen) atoms. The second-order valence-corrected chi connectivity index (χ2v) is 11.8. The number of rotatable bonds is 11. The van der Waals surface area contributed by atoms with E-state index in [1.54, 1.807) is 13.8 Å². The first-order valence-electron chi connectivity index (χ1n) is 14.1. The highest BCUT2D eigenvalue weighted by molar-refractivity contribution is 6.08. The Kier molecular flexibility index (Phi) is 8.29. The standard InChI is InChI=1S/C32H42N2O4/c1-6-7-10-28-33-32(17-8-9-18-32)29(35)34(28)21-23-11-13-24(14-12-23)25-15-16-26(19-22(2)3)27(20-25)38-31(4,5)30(36)37/h11-16,20,22H,6-10,17-19,21H2,1-5H3,(H,36,37). The molecule has 2 aromatic rings. The van der Waals surface area contributed by atoms with E-state index in [-0.39, 0.29) is 5.91 Å². The predicted molar refractivity (Wildman–Crippen MR) is 151 cm³/mol. The lowest BCUT2D eigenvalue weighted by molar-refractivity contribution is -0.152. The van der Waals surface area contributed by atoms with Crippen LogP contribution in [0.15, 0.2) is 47.5 Å². The first-order valence-corrected chi connectivity index (χ1v) is 14.1. The quantitative estimate of drug-likeness (QED) is 0.346. The summed E-state index contributed by atoms with van der Waals surface area (Å²) in [5.41, 5.74) is 2.21. The molecule has 0 atom stereocenters. The van der Waals surface area contributed by atoms with Crippen LogP contribution in [-0.2, 0) is 22.6 Å². The Hall–Kier alpha value is -3.15. The van der Waals surface area contributed by atoms with Crippen LogP contribution in [0.5, 0.6) is 5.75 Å². The molecule has 6 heteroatoms. The van der Waals surface area contributed by atoms with Gasteiger partial charge >= 0.3 is 5.97 Å². The summed E-state index contributed by atoms with van der Waals surface area (Å²) in [5.74, 6) is 1.15. The van der Waals surface area contributed by atoms with Crippen LogP contribution in [0.4, 0.5) is 0 Å². The topological polar surface area (TPSA) is 79.2 Å². The lowest BCUT2D eigenvalue weighted by atomic mass is 9.96. The van der Waals surface area contributed by atoms with Gasteiger partial charge in [-0.3, -0.25) is 14.7 Å². The summed E-state index contributed by atoms with van der Waals surface area (Å²) in [7, 11) is 0. The van der Waals surface area contributed by atoms with E-state index in [4.69, 9.17) is 9.73 Å². The molecule has 1 saturated carbocycles. The van der Waals surface area contributed by atoms with E-state index >= 15 is 0 Å². The van der Waals surface area contributed by atoms with Crippen LogP contribution >= 0.6 is 0 Å². The van der Waals surface area contributed by atoms with Gasteiger partial charge in [-0.1, -0.05) is 76.4 Å². The Labute approximate surface area is 227 Å². The van der Waals surface area contributed by atoms with E-state index in [0.29, 0.717) is 18.2 Å². The average Bonchev–Trinajstić information content (AvgIpc) is 3.44. The van der Waals surface area contributed by atoms with Crippen molar-refractivity contribution in [1.82, 2.24) is 4.90 Å². The fourth-order valence-corrected chi connectivity index (χ4v) is 5.44. The van der Waals surface area contributed by atoms with Crippen molar-refractivity contribution in [2.45, 2.75) is 104 Å². The Bertz CT molecular complexity index is 1190. The monoisotopic (exact) mass is 518 g/mol. The number of ether oxygens (including phenoxy) is 1. The number of carbonyl (C=O) groups is 2. The van der Waals surface area contributed by atoms with E-state index in [0.717, 1.165) is 79.5 Å². The second kappa shape index (κ2) is 11.3. The van der Waals surface area contributed by atoms with Crippen LogP contribution in [0.1, 0.15) is 90.7 Å². The first-order chi connectivity index (χ1) is 18.0. The fourth-order valence-electron chi connectivity index (χ4n) is 5.44. The van der Waals surface area contributed by atoms with Crippen LogP contribution < -0.4 is 4.74 Å². The van der Waals surface area contributed by atoms with Crippen LogP contribution in [0, 0.1) is 5.92 Å². The number of amides is 1. The minimum Gasteiger partial charge on any atom is -0.478 e. The molecule has 0 aromatic heterocycles. The van der Waals surface area contributed by atoms with Gasteiger partial charge in [0.05, 0.1) is 6.54 Å². The van der Waals surface area contributed by atoms with Crippen molar-refractivity contribution in [3.8, 4) is 16.9 Å². The summed E-state index contributed by atoms with van der Waals surface area (Å²) in [5, 5.41) is 9.60. The van der Waals surface area contributed by atoms with E-state index in [2.05, 4.69) is 51.1 Å². The fraction of sp³-hybridized carbons (Fsp3) is 0.531. The van der Waals surface area contributed by atoms with Gasteiger partial charge in [-0.25, -0.2) is 4.79 Å². The maximum absolute atomic E-state index is 13.5. The van der Waals surface area contributed by atoms with Gasteiger partial charge < -0.3 is 9.84 Å². The Morgan fingerprint density at radius 1 is 1.11 bits per heavy atom. The first kappa shape index (κ1) is 27.9. The van der Waals surface area contributed by atoms with Crippen LogP contribution in [0.3, 0.4) is 0 Å². The summed E-state index contributed by atoms with van der Waals surface area (Å²) in [4.78, 5) is 32.1. The molecule has 1 spiro atoms. The van der Waals surface area contributed by atoms with E-state index < -0.39 is 17.1 Å². The van der Waals surface area contributed by atoms with Gasteiger partial charge in [0.2, 0.25) is 0 Å². The molecule has 204 valence electrons. The number of carboxylic acid groups (broad SMARTS) is 1. The number of amidine groups is 1. The van der Waals surface area contributed by atoms with Gasteiger partial charge in [0.1, 0.15) is 17.1 Å². The largest absolute Gasteiger partial charge is 0.478 e. The molecular weight excluding hydrogens is 476 g/mol. The van der Waals surface area contributed by atoms with Gasteiger partial charge in [-0.15, -0.1) is 0 Å². The van der Waals surface area contributed by atoms with E-state index in [1.165, 1.54) is 0 Å². The third kappa shape index (κ3) is 5.95. The molecule has 1 N–H and O–H groups in total. The van der Waals surface area contributed by atoms with Crippen molar-refractivity contribution in [3.63, 3.8) is 0 Å². The average molecular weight is 519 g/mol. The third-order valence-electron chi connectivity index (χ3n) is 7.69. The van der Waals surface area contributed by atoms with Crippen LogP contribution in [-0.4, -0.2) is 38.9 Å². The highest BCUT2D eigenvalue weighted by Gasteiger charge is 2.49. The number of carboxylic acids is 1. The Morgan fingerprint density at radius 3 is 2.37 bits per heavy atom. The molecule has 1 fully saturated rings. The van der Waals surface area contributed by atoms with Gasteiger partial charge in [-0.05, 0) is 73.8 Å². The molecule has 1 aliphatic carbocycles. The zero-order valence-electron chi connectivity index (χ0n) is 23.5. The number of hydrogen-bond donors (Lipinski definition) is 1. The Morgan fingerprint density at radius 2 is 1.76 bits per heavy atom. The van der Waals surface area contributed by atoms with Gasteiger partial charge in [0.25, 0.3) is 5.91 Å². The lowest BCUT2D eigenvalue weighted by Crippen LogP contribution is -2.40. The molecular formula is C32H42N2O4. The van der Waals surface area contributed by atoms with Crippen molar-refractivity contribution >= 4 is 17.7 Å². The Balaban J connectivity index is 1.56. The zero-order chi connectivity index (χ0) is 27.5. The molecule has 0 unspecified atom stereocenters. The number of benzene rings is 2. The molecule has 0 saturated heterocycles. The highest BCUT2D eigenvalue weighted by atomic mass is 16.5. The highest BCUT2D eigenvalue weighted by Crippen LogP contribution is 2.40. The van der Waals surface area contributed by atoms with Gasteiger partial charge in [0.15, 0.2) is 5.60 Å². The number of nitrogens with zero attached hydrogens (tertiary/aromatic N) is 2. The molecule has 2 aliphatic rings. The van der Waals surface area contributed by atoms with E-state index in [9.17, 15) is 14.7 Å². The molecule has 1 amide bonds. The molecule has 2 aromatic carbocycles. The van der Waals surface area contributed by atoms with Crippen LogP contribution in [0.2, 0.25) is 0 Å². The number of unbranched alkanes of at least 4 members (excludes halogenated alkanes) is 1. The molecule has 0 radical (unpaired) electrons. The summed E-state index contributed by atoms with van der Waals surface area (Å²) in [6.45, 7) is 10.1. The zero-order valence-corrected chi connectivity index (χ0v) is 23.5. The number of carbonyl (C=O) groups excluding carboxylic acids is 1. The van der Waals surface area contributed by atoms with Crippen molar-refractivity contribution < 1.29 is 19.4 Å². The molecule has 1 heterocycles. The summed E-state index contributed by atoms with van der Waals surface area (Å²) in [6, 6.07) is 14.3. The molecule has 6 nitrogen and oxygen atoms in total. The maximum Gasteiger partial charge on any atom is 0.347 e. The minimum atomic E-state index is -1.33. The number of hydrogen-bond acceptors (Lipinski definition) is 4. The summed E-state index contributed by atoms with van der Waals surface area (Å²) < 4.78 is 6.01. The third-order valence-corrected chi connectivity index (χ3v) is 7.69. The number of aliphatic carboxylic acids is 1. The predicted octanol–water partition coefficient (Wildman–Crippen LogP) is 7.04. The van der Waals surface area contributed by atoms with Gasteiger partial charge in [-0.2, -0.15) is 0 Å². The van der Waals surface area contributed by atoms with Crippen molar-refractivity contribution in [2.24, 2.45) is 10.9 Å². The van der Waals surface area contributed by atoms with E-state index in [1.807, 2.05) is 17.0 Å². The summed E-state index contributed by atoms with van der Waals surface area (Å²) in [6.07, 6.45) is 7.65. The molecule has 4 rings (SSSR count). The SMILES string of the molecule is CCCCC1=NC2(CCCC2)C(=O)N1Cc1ccc(-c2ccc(CC(C)C)c(OC(C)(C)C(=O)O)c2)cc1. The second-order valence-electron chi connectivity index (χ2n) is 11.8. The van der Waals surface area contributed by atoms with Crippen molar-refractivity contribution in [2.75, 3.05) is 0 Å². The lowest BCUT2D eigenvalue weighted by Gasteiger charge is -2.24. The molecule has 0 bridgehead atoms. The maximum atomic E-state index is 13.5.